The highest BCUT2D eigenvalue weighted by molar-refractivity contribution is 7.89. The number of hydrogen-bond donors (Lipinski definition) is 2. The molecule has 2 aromatic carbocycles. The van der Waals surface area contributed by atoms with Crippen molar-refractivity contribution in [2.45, 2.75) is 18.2 Å². The van der Waals surface area contributed by atoms with Crippen molar-refractivity contribution in [3.63, 3.8) is 0 Å². The molecule has 0 atom stereocenters. The van der Waals surface area contributed by atoms with Crippen LogP contribution in [0.3, 0.4) is 0 Å². The summed E-state index contributed by atoms with van der Waals surface area (Å²) in [5.74, 6) is 0.379. The van der Waals surface area contributed by atoms with E-state index in [1.165, 1.54) is 6.07 Å². The Morgan fingerprint density at radius 1 is 1.08 bits per heavy atom. The Hall–Kier alpha value is -2.38. The number of benzene rings is 2. The molecule has 0 radical (unpaired) electrons. The van der Waals surface area contributed by atoms with E-state index < -0.39 is 10.0 Å². The predicted octanol–water partition coefficient (Wildman–Crippen LogP) is 1.64. The Labute approximate surface area is 148 Å². The van der Waals surface area contributed by atoms with Crippen LogP contribution in [0, 0.1) is 6.92 Å². The molecule has 0 saturated heterocycles. The highest BCUT2D eigenvalue weighted by Crippen LogP contribution is 2.17. The van der Waals surface area contributed by atoms with Crippen molar-refractivity contribution in [3.05, 3.63) is 59.7 Å². The van der Waals surface area contributed by atoms with Gasteiger partial charge in [0.15, 0.2) is 0 Å². The first kappa shape index (κ1) is 19.0. The lowest BCUT2D eigenvalue weighted by atomic mass is 10.1. The second-order valence-electron chi connectivity index (χ2n) is 5.50. The largest absolute Gasteiger partial charge is 0.496 e. The van der Waals surface area contributed by atoms with Gasteiger partial charge in [-0.15, -0.1) is 0 Å². The third kappa shape index (κ3) is 5.30. The van der Waals surface area contributed by atoms with Gasteiger partial charge in [0.25, 0.3) is 0 Å². The topological polar surface area (TPSA) is 84.5 Å². The Kier molecular flexibility index (Phi) is 6.55. The quantitative estimate of drug-likeness (QED) is 0.748. The molecule has 2 aromatic rings. The zero-order valence-electron chi connectivity index (χ0n) is 14.3. The molecule has 0 bridgehead atoms. The number of sulfonamides is 1. The molecule has 0 aromatic heterocycles. The monoisotopic (exact) mass is 362 g/mol. The van der Waals surface area contributed by atoms with Gasteiger partial charge in [-0.3, -0.25) is 4.79 Å². The van der Waals surface area contributed by atoms with Crippen LogP contribution in [-0.2, 0) is 21.2 Å². The molecule has 1 amide bonds. The molecule has 0 aliphatic heterocycles. The van der Waals surface area contributed by atoms with E-state index in [9.17, 15) is 13.2 Å². The second-order valence-corrected chi connectivity index (χ2v) is 7.24. The summed E-state index contributed by atoms with van der Waals surface area (Å²) in [6.07, 6.45) is 0.598. The first-order valence-corrected chi connectivity index (χ1v) is 9.36. The first-order chi connectivity index (χ1) is 11.9. The van der Waals surface area contributed by atoms with Gasteiger partial charge in [-0.25, -0.2) is 13.1 Å². The number of ether oxygens (including phenoxy) is 1. The molecule has 6 nitrogen and oxygen atoms in total. The van der Waals surface area contributed by atoms with Gasteiger partial charge in [-0.2, -0.15) is 0 Å². The van der Waals surface area contributed by atoms with Crippen LogP contribution in [0.4, 0.5) is 0 Å². The smallest absolute Gasteiger partial charge is 0.241 e. The maximum atomic E-state index is 12.2. The average Bonchev–Trinajstić information content (AvgIpc) is 2.61. The summed E-state index contributed by atoms with van der Waals surface area (Å²) in [6, 6.07) is 14.2. The number of hydrogen-bond acceptors (Lipinski definition) is 4. The Morgan fingerprint density at radius 2 is 1.76 bits per heavy atom. The van der Waals surface area contributed by atoms with Gasteiger partial charge in [0, 0.05) is 6.54 Å². The van der Waals surface area contributed by atoms with Gasteiger partial charge < -0.3 is 10.1 Å². The van der Waals surface area contributed by atoms with Crippen molar-refractivity contribution < 1.29 is 17.9 Å². The van der Waals surface area contributed by atoms with E-state index in [1.807, 2.05) is 24.3 Å². The van der Waals surface area contributed by atoms with E-state index in [-0.39, 0.29) is 17.3 Å². The fourth-order valence-corrected chi connectivity index (χ4v) is 3.63. The van der Waals surface area contributed by atoms with Gasteiger partial charge in [0.2, 0.25) is 15.9 Å². The van der Waals surface area contributed by atoms with Crippen LogP contribution >= 0.6 is 0 Å². The van der Waals surface area contributed by atoms with Crippen LogP contribution in [0.5, 0.6) is 5.75 Å². The normalized spacial score (nSPS) is 11.1. The minimum absolute atomic E-state index is 0.178. The van der Waals surface area contributed by atoms with Gasteiger partial charge in [-0.1, -0.05) is 36.4 Å². The molecule has 2 rings (SSSR count). The van der Waals surface area contributed by atoms with E-state index in [0.717, 1.165) is 11.3 Å². The molecule has 0 aliphatic rings. The molecule has 134 valence electrons. The summed E-state index contributed by atoms with van der Waals surface area (Å²) in [6.45, 7) is 1.80. The fourth-order valence-electron chi connectivity index (χ4n) is 2.40. The highest BCUT2D eigenvalue weighted by atomic mass is 32.2. The maximum Gasteiger partial charge on any atom is 0.241 e. The summed E-state index contributed by atoms with van der Waals surface area (Å²) < 4.78 is 32.0. The van der Waals surface area contributed by atoms with Crippen LogP contribution in [0.1, 0.15) is 11.1 Å². The lowest BCUT2D eigenvalue weighted by Crippen LogP contribution is -2.37. The van der Waals surface area contributed by atoms with Gasteiger partial charge in [-0.05, 0) is 36.6 Å². The summed E-state index contributed by atoms with van der Waals surface area (Å²) in [5, 5.41) is 2.70. The number of para-hydroxylation sites is 1. The highest BCUT2D eigenvalue weighted by Gasteiger charge is 2.17. The molecule has 2 N–H and O–H groups in total. The molecule has 25 heavy (non-hydrogen) atoms. The third-order valence-corrected chi connectivity index (χ3v) is 5.28. The number of carbonyl (C=O) groups excluding carboxylic acids is 1. The molecule has 0 fully saturated rings. The predicted molar refractivity (Wildman–Crippen MR) is 96.1 cm³/mol. The Morgan fingerprint density at radius 3 is 2.48 bits per heavy atom. The molecule has 7 heteroatoms. The molecule has 0 aliphatic carbocycles. The number of rotatable bonds is 8. The van der Waals surface area contributed by atoms with Gasteiger partial charge >= 0.3 is 0 Å². The standard InChI is InChI=1S/C18H22N2O4S/c1-14-7-3-6-10-17(14)25(22,23)20-13-18(21)19-12-11-15-8-4-5-9-16(15)24-2/h3-10,20H,11-13H2,1-2H3,(H,19,21). The van der Waals surface area contributed by atoms with Crippen molar-refractivity contribution in [2.24, 2.45) is 0 Å². The second kappa shape index (κ2) is 8.64. The Balaban J connectivity index is 1.84. The van der Waals surface area contributed by atoms with E-state index in [2.05, 4.69) is 10.0 Å². The van der Waals surface area contributed by atoms with Crippen LogP contribution in [0.25, 0.3) is 0 Å². The van der Waals surface area contributed by atoms with E-state index in [1.54, 1.807) is 32.2 Å². The minimum atomic E-state index is -3.70. The average molecular weight is 362 g/mol. The zero-order chi connectivity index (χ0) is 18.3. The SMILES string of the molecule is COc1ccccc1CCNC(=O)CNS(=O)(=O)c1ccccc1C. The molecule has 0 saturated carbocycles. The van der Waals surface area contributed by atoms with Gasteiger partial charge in [0.1, 0.15) is 5.75 Å². The lowest BCUT2D eigenvalue weighted by molar-refractivity contribution is -0.119. The summed E-state index contributed by atoms with van der Waals surface area (Å²) in [7, 11) is -2.11. The molecular formula is C18H22N2O4S. The van der Waals surface area contributed by atoms with Crippen LogP contribution in [0.15, 0.2) is 53.4 Å². The van der Waals surface area contributed by atoms with Crippen LogP contribution < -0.4 is 14.8 Å². The third-order valence-electron chi connectivity index (χ3n) is 3.71. The van der Waals surface area contributed by atoms with Gasteiger partial charge in [0.05, 0.1) is 18.6 Å². The van der Waals surface area contributed by atoms with Crippen molar-refractivity contribution in [3.8, 4) is 5.75 Å². The van der Waals surface area contributed by atoms with Crippen molar-refractivity contribution in [1.29, 1.82) is 0 Å². The minimum Gasteiger partial charge on any atom is -0.496 e. The Bertz CT molecular complexity index is 834. The molecule has 0 spiro atoms. The van der Waals surface area contributed by atoms with Crippen molar-refractivity contribution in [1.82, 2.24) is 10.0 Å². The van der Waals surface area contributed by atoms with Crippen molar-refractivity contribution >= 4 is 15.9 Å². The number of methoxy groups -OCH3 is 1. The number of aryl methyl sites for hydroxylation is 1. The number of nitrogens with one attached hydrogen (secondary N) is 2. The van der Waals surface area contributed by atoms with Crippen LogP contribution in [-0.4, -0.2) is 34.5 Å². The molecule has 0 unspecified atom stereocenters. The summed E-state index contributed by atoms with van der Waals surface area (Å²) in [4.78, 5) is 12.1. The van der Waals surface area contributed by atoms with E-state index in [0.29, 0.717) is 18.5 Å². The number of carbonyl (C=O) groups is 1. The lowest BCUT2D eigenvalue weighted by Gasteiger charge is -2.11. The first-order valence-electron chi connectivity index (χ1n) is 7.88. The van der Waals surface area contributed by atoms with E-state index in [4.69, 9.17) is 4.74 Å². The molecule has 0 heterocycles. The van der Waals surface area contributed by atoms with E-state index >= 15 is 0 Å². The zero-order valence-corrected chi connectivity index (χ0v) is 15.1. The van der Waals surface area contributed by atoms with Crippen molar-refractivity contribution in [2.75, 3.05) is 20.2 Å². The summed E-state index contributed by atoms with van der Waals surface area (Å²) in [5.41, 5.74) is 1.61. The summed E-state index contributed by atoms with van der Waals surface area (Å²) >= 11 is 0. The number of amides is 1. The molecular weight excluding hydrogens is 340 g/mol. The fraction of sp³-hybridized carbons (Fsp3) is 0.278. The van der Waals surface area contributed by atoms with Crippen LogP contribution in [0.2, 0.25) is 0 Å². The maximum absolute atomic E-state index is 12.2.